The van der Waals surface area contributed by atoms with Crippen molar-refractivity contribution in [3.05, 3.63) is 23.0 Å². The summed E-state index contributed by atoms with van der Waals surface area (Å²) in [5, 5.41) is 3.02. The van der Waals surface area contributed by atoms with Crippen LogP contribution in [-0.2, 0) is 0 Å². The van der Waals surface area contributed by atoms with Gasteiger partial charge >= 0.3 is 0 Å². The van der Waals surface area contributed by atoms with Crippen molar-refractivity contribution >= 4 is 5.78 Å². The Kier molecular flexibility index (Phi) is 3.15. The highest BCUT2D eigenvalue weighted by atomic mass is 16.1. The van der Waals surface area contributed by atoms with E-state index in [4.69, 9.17) is 0 Å². The zero-order valence-corrected chi connectivity index (χ0v) is 10.3. The summed E-state index contributed by atoms with van der Waals surface area (Å²) in [5.74, 6) is 0.259. The molecule has 1 aliphatic carbocycles. The van der Waals surface area contributed by atoms with Crippen molar-refractivity contribution in [3.8, 4) is 0 Å². The Hall–Kier alpha value is -1.09. The normalized spacial score (nSPS) is 15.4. The van der Waals surface area contributed by atoms with Crippen molar-refractivity contribution < 1.29 is 4.79 Å². The molecule has 0 radical (unpaired) electrons. The Balaban J connectivity index is 2.21. The van der Waals surface area contributed by atoms with Crippen LogP contribution in [0.4, 0.5) is 0 Å². The van der Waals surface area contributed by atoms with Gasteiger partial charge in [-0.05, 0) is 39.8 Å². The second-order valence-corrected chi connectivity index (χ2v) is 4.66. The van der Waals surface area contributed by atoms with Crippen LogP contribution in [0.1, 0.15) is 47.1 Å². The third-order valence-electron chi connectivity index (χ3n) is 3.30. The average molecular weight is 220 g/mol. The molecule has 16 heavy (non-hydrogen) atoms. The van der Waals surface area contributed by atoms with E-state index >= 15 is 0 Å². The monoisotopic (exact) mass is 220 g/mol. The summed E-state index contributed by atoms with van der Waals surface area (Å²) >= 11 is 0. The maximum absolute atomic E-state index is 12.0. The molecule has 88 valence electrons. The van der Waals surface area contributed by atoms with Crippen LogP contribution < -0.4 is 5.32 Å². The number of ketones is 1. The standard InChI is InChI=1S/C13H20N2O/c1-9-8-12(13(16)6-7-14-3)10(2)15(9)11-4-5-11/h8,11,14H,4-7H2,1-3H3. The van der Waals surface area contributed by atoms with Gasteiger partial charge in [-0.1, -0.05) is 0 Å². The van der Waals surface area contributed by atoms with Gasteiger partial charge in [-0.25, -0.2) is 0 Å². The lowest BCUT2D eigenvalue weighted by Gasteiger charge is -2.07. The fraction of sp³-hybridized carbons (Fsp3) is 0.615. The molecule has 0 saturated heterocycles. The minimum absolute atomic E-state index is 0.259. The summed E-state index contributed by atoms with van der Waals surface area (Å²) in [4.78, 5) is 12.0. The number of carbonyl (C=O) groups excluding carboxylic acids is 1. The SMILES string of the molecule is CNCCC(=O)c1cc(C)n(C2CC2)c1C. The summed E-state index contributed by atoms with van der Waals surface area (Å²) in [6, 6.07) is 2.71. The van der Waals surface area contributed by atoms with Gasteiger partial charge in [0.25, 0.3) is 0 Å². The Labute approximate surface area is 96.8 Å². The Morgan fingerprint density at radius 3 is 2.75 bits per heavy atom. The van der Waals surface area contributed by atoms with Crippen molar-refractivity contribution in [1.82, 2.24) is 9.88 Å². The van der Waals surface area contributed by atoms with Gasteiger partial charge in [0.2, 0.25) is 0 Å². The van der Waals surface area contributed by atoms with E-state index in [0.717, 1.165) is 17.8 Å². The van der Waals surface area contributed by atoms with E-state index in [0.29, 0.717) is 12.5 Å². The molecule has 3 nitrogen and oxygen atoms in total. The molecule has 0 aromatic carbocycles. The smallest absolute Gasteiger partial charge is 0.165 e. The van der Waals surface area contributed by atoms with E-state index in [1.165, 1.54) is 18.5 Å². The molecule has 0 amide bonds. The number of hydrogen-bond donors (Lipinski definition) is 1. The summed E-state index contributed by atoms with van der Waals surface area (Å²) in [7, 11) is 1.88. The first-order valence-electron chi connectivity index (χ1n) is 6.01. The second kappa shape index (κ2) is 4.42. The van der Waals surface area contributed by atoms with Gasteiger partial charge < -0.3 is 9.88 Å². The average Bonchev–Trinajstić information content (AvgIpc) is 3.03. The highest BCUT2D eigenvalue weighted by Crippen LogP contribution is 2.38. The third kappa shape index (κ3) is 2.05. The van der Waals surface area contributed by atoms with Crippen molar-refractivity contribution in [1.29, 1.82) is 0 Å². The number of aromatic nitrogens is 1. The van der Waals surface area contributed by atoms with Crippen molar-refractivity contribution in [2.24, 2.45) is 0 Å². The minimum Gasteiger partial charge on any atom is -0.345 e. The van der Waals surface area contributed by atoms with Crippen LogP contribution in [0.2, 0.25) is 0 Å². The lowest BCUT2D eigenvalue weighted by atomic mass is 10.1. The number of rotatable bonds is 5. The molecular weight excluding hydrogens is 200 g/mol. The Bertz CT molecular complexity index is 402. The van der Waals surface area contributed by atoms with E-state index in [-0.39, 0.29) is 5.78 Å². The molecule has 1 fully saturated rings. The fourth-order valence-corrected chi connectivity index (χ4v) is 2.33. The molecule has 2 rings (SSSR count). The van der Waals surface area contributed by atoms with Crippen LogP contribution in [0, 0.1) is 13.8 Å². The van der Waals surface area contributed by atoms with E-state index in [9.17, 15) is 4.79 Å². The molecule has 0 bridgehead atoms. The van der Waals surface area contributed by atoms with E-state index in [1.54, 1.807) is 0 Å². The zero-order chi connectivity index (χ0) is 11.7. The Morgan fingerprint density at radius 1 is 1.50 bits per heavy atom. The predicted molar refractivity (Wildman–Crippen MR) is 65.1 cm³/mol. The van der Waals surface area contributed by atoms with Gasteiger partial charge in [-0.15, -0.1) is 0 Å². The van der Waals surface area contributed by atoms with E-state index < -0.39 is 0 Å². The van der Waals surface area contributed by atoms with Crippen LogP contribution >= 0.6 is 0 Å². The molecule has 0 aliphatic heterocycles. The van der Waals surface area contributed by atoms with Crippen LogP contribution in [0.25, 0.3) is 0 Å². The van der Waals surface area contributed by atoms with Gasteiger partial charge in [0.1, 0.15) is 0 Å². The minimum atomic E-state index is 0.259. The fourth-order valence-electron chi connectivity index (χ4n) is 2.33. The van der Waals surface area contributed by atoms with Gasteiger partial charge in [0.05, 0.1) is 0 Å². The first kappa shape index (κ1) is 11.4. The molecule has 0 atom stereocenters. The largest absolute Gasteiger partial charge is 0.345 e. The number of aryl methyl sites for hydroxylation is 1. The maximum Gasteiger partial charge on any atom is 0.165 e. The number of nitrogens with zero attached hydrogens (tertiary/aromatic N) is 1. The van der Waals surface area contributed by atoms with Crippen LogP contribution in [0.3, 0.4) is 0 Å². The quantitative estimate of drug-likeness (QED) is 0.772. The highest BCUT2D eigenvalue weighted by Gasteiger charge is 2.28. The second-order valence-electron chi connectivity index (χ2n) is 4.66. The third-order valence-corrected chi connectivity index (χ3v) is 3.30. The zero-order valence-electron chi connectivity index (χ0n) is 10.3. The molecule has 1 heterocycles. The van der Waals surface area contributed by atoms with Crippen LogP contribution in [0.5, 0.6) is 0 Å². The highest BCUT2D eigenvalue weighted by molar-refractivity contribution is 5.97. The van der Waals surface area contributed by atoms with Crippen molar-refractivity contribution in [2.75, 3.05) is 13.6 Å². The summed E-state index contributed by atoms with van der Waals surface area (Å²) in [5.41, 5.74) is 3.30. The first-order valence-corrected chi connectivity index (χ1v) is 6.01. The number of hydrogen-bond acceptors (Lipinski definition) is 2. The Morgan fingerprint density at radius 2 is 2.19 bits per heavy atom. The van der Waals surface area contributed by atoms with Crippen molar-refractivity contribution in [3.63, 3.8) is 0 Å². The molecule has 1 aromatic heterocycles. The van der Waals surface area contributed by atoms with E-state index in [2.05, 4.69) is 23.7 Å². The molecule has 1 aliphatic rings. The molecule has 1 aromatic rings. The van der Waals surface area contributed by atoms with Gasteiger partial charge in [0, 0.05) is 36.0 Å². The summed E-state index contributed by atoms with van der Waals surface area (Å²) in [6.07, 6.45) is 3.12. The van der Waals surface area contributed by atoms with Crippen LogP contribution in [0.15, 0.2) is 6.07 Å². The van der Waals surface area contributed by atoms with E-state index in [1.807, 2.05) is 13.1 Å². The number of nitrogens with one attached hydrogen (secondary N) is 1. The number of carbonyl (C=O) groups is 1. The lowest BCUT2D eigenvalue weighted by molar-refractivity contribution is 0.0982. The van der Waals surface area contributed by atoms with Gasteiger partial charge in [-0.3, -0.25) is 4.79 Å². The molecule has 1 saturated carbocycles. The predicted octanol–water partition coefficient (Wildman–Crippen LogP) is 2.23. The lowest BCUT2D eigenvalue weighted by Crippen LogP contribution is -2.13. The summed E-state index contributed by atoms with van der Waals surface area (Å²) < 4.78 is 2.33. The van der Waals surface area contributed by atoms with Gasteiger partial charge in [-0.2, -0.15) is 0 Å². The molecule has 3 heteroatoms. The van der Waals surface area contributed by atoms with Gasteiger partial charge in [0.15, 0.2) is 5.78 Å². The van der Waals surface area contributed by atoms with Crippen LogP contribution in [-0.4, -0.2) is 23.9 Å². The van der Waals surface area contributed by atoms with Crippen molar-refractivity contribution in [2.45, 2.75) is 39.2 Å². The maximum atomic E-state index is 12.0. The molecule has 1 N–H and O–H groups in total. The number of Topliss-reactive ketones (excluding diaryl/α,β-unsaturated/α-hetero) is 1. The topological polar surface area (TPSA) is 34.0 Å². The molecule has 0 spiro atoms. The molecular formula is C13H20N2O. The molecule has 0 unspecified atom stereocenters. The summed E-state index contributed by atoms with van der Waals surface area (Å²) in [6.45, 7) is 4.92. The first-order chi connectivity index (χ1) is 7.65.